The molecule has 5 heteroatoms. The van der Waals surface area contributed by atoms with E-state index >= 15 is 0 Å². The van der Waals surface area contributed by atoms with Crippen LogP contribution in [0.15, 0.2) is 24.3 Å². The summed E-state index contributed by atoms with van der Waals surface area (Å²) in [6.07, 6.45) is 0. The molecule has 1 heterocycles. The van der Waals surface area contributed by atoms with Crippen LogP contribution in [0.2, 0.25) is 0 Å². The molecule has 2 aromatic rings. The van der Waals surface area contributed by atoms with E-state index in [1.54, 1.807) is 4.68 Å². The predicted molar refractivity (Wildman–Crippen MR) is 66.0 cm³/mol. The molecular weight excluding hydrogens is 214 g/mol. The van der Waals surface area contributed by atoms with E-state index in [9.17, 15) is 0 Å². The molecule has 0 bridgehead atoms. The molecule has 0 aliphatic rings. The Bertz CT molecular complexity index is 472. The van der Waals surface area contributed by atoms with Crippen molar-refractivity contribution in [1.82, 2.24) is 25.5 Å². The van der Waals surface area contributed by atoms with Crippen molar-refractivity contribution in [3.8, 4) is 5.69 Å². The molecule has 0 fully saturated rings. The third kappa shape index (κ3) is 2.50. The average Bonchev–Trinajstić information content (AvgIpc) is 2.78. The van der Waals surface area contributed by atoms with Crippen LogP contribution in [0.25, 0.3) is 5.69 Å². The van der Waals surface area contributed by atoms with Crippen LogP contribution in [-0.2, 0) is 6.54 Å². The van der Waals surface area contributed by atoms with Crippen molar-refractivity contribution in [3.63, 3.8) is 0 Å². The van der Waals surface area contributed by atoms with Gasteiger partial charge in [-0.15, -0.1) is 5.10 Å². The molecule has 1 N–H and O–H groups in total. The van der Waals surface area contributed by atoms with E-state index < -0.39 is 0 Å². The highest BCUT2D eigenvalue weighted by Crippen LogP contribution is 2.16. The lowest BCUT2D eigenvalue weighted by Gasteiger charge is -2.07. The maximum absolute atomic E-state index is 4.00. The molecule has 0 spiro atoms. The Morgan fingerprint density at radius 3 is 2.53 bits per heavy atom. The average molecular weight is 231 g/mol. The number of aromatic nitrogens is 4. The van der Waals surface area contributed by atoms with Gasteiger partial charge in [0.25, 0.3) is 0 Å². The van der Waals surface area contributed by atoms with Crippen molar-refractivity contribution >= 4 is 0 Å². The van der Waals surface area contributed by atoms with Gasteiger partial charge in [-0.25, -0.2) is 0 Å². The summed E-state index contributed by atoms with van der Waals surface area (Å²) in [4.78, 5) is 0. The van der Waals surface area contributed by atoms with Gasteiger partial charge >= 0.3 is 0 Å². The number of nitrogens with one attached hydrogen (secondary N) is 1. The molecule has 0 aliphatic heterocycles. The molecule has 0 saturated carbocycles. The van der Waals surface area contributed by atoms with E-state index in [0.717, 1.165) is 11.5 Å². The Kier molecular flexibility index (Phi) is 3.49. The lowest BCUT2D eigenvalue weighted by molar-refractivity contribution is 0.708. The molecule has 2 rings (SSSR count). The Morgan fingerprint density at radius 2 is 1.94 bits per heavy atom. The van der Waals surface area contributed by atoms with Gasteiger partial charge in [0.15, 0.2) is 5.82 Å². The predicted octanol–water partition coefficient (Wildman–Crippen LogP) is 1.51. The minimum atomic E-state index is 0.537. The molecule has 0 unspecified atom stereocenters. The number of rotatable bonds is 4. The van der Waals surface area contributed by atoms with Crippen LogP contribution in [-0.4, -0.2) is 27.3 Å². The summed E-state index contributed by atoms with van der Waals surface area (Å²) in [7, 11) is 1.88. The summed E-state index contributed by atoms with van der Waals surface area (Å²) < 4.78 is 1.75. The first-order valence-electron chi connectivity index (χ1n) is 5.74. The van der Waals surface area contributed by atoms with Crippen LogP contribution in [0.3, 0.4) is 0 Å². The normalized spacial score (nSPS) is 11.1. The van der Waals surface area contributed by atoms with Crippen LogP contribution in [0.1, 0.15) is 31.2 Å². The Morgan fingerprint density at radius 1 is 1.24 bits per heavy atom. The molecule has 1 aromatic carbocycles. The van der Waals surface area contributed by atoms with Gasteiger partial charge in [0, 0.05) is 0 Å². The first-order valence-corrected chi connectivity index (χ1v) is 5.74. The smallest absolute Gasteiger partial charge is 0.170 e. The number of tetrazole rings is 1. The molecular formula is C12H17N5. The molecule has 0 aliphatic carbocycles. The molecule has 0 amide bonds. The standard InChI is InChI=1S/C12H17N5/c1-9(2)10-4-6-11(7-5-10)17-12(8-13-3)14-15-16-17/h4-7,9,13H,8H2,1-3H3. The van der Waals surface area contributed by atoms with Crippen LogP contribution in [0.5, 0.6) is 0 Å². The van der Waals surface area contributed by atoms with Crippen molar-refractivity contribution < 1.29 is 0 Å². The topological polar surface area (TPSA) is 55.6 Å². The van der Waals surface area contributed by atoms with Crippen LogP contribution in [0, 0.1) is 0 Å². The van der Waals surface area contributed by atoms with Gasteiger partial charge in [0.2, 0.25) is 0 Å². The van der Waals surface area contributed by atoms with Crippen molar-refractivity contribution in [2.75, 3.05) is 7.05 Å². The second-order valence-corrected chi connectivity index (χ2v) is 4.28. The fourth-order valence-electron chi connectivity index (χ4n) is 1.68. The highest BCUT2D eigenvalue weighted by atomic mass is 15.5. The van der Waals surface area contributed by atoms with Gasteiger partial charge in [-0.3, -0.25) is 0 Å². The third-order valence-electron chi connectivity index (χ3n) is 2.67. The van der Waals surface area contributed by atoms with E-state index in [0.29, 0.717) is 12.5 Å². The zero-order valence-corrected chi connectivity index (χ0v) is 10.4. The molecule has 17 heavy (non-hydrogen) atoms. The third-order valence-corrected chi connectivity index (χ3v) is 2.67. The summed E-state index contributed by atoms with van der Waals surface area (Å²) in [6, 6.07) is 8.32. The summed E-state index contributed by atoms with van der Waals surface area (Å²) in [5, 5.41) is 14.7. The summed E-state index contributed by atoms with van der Waals surface area (Å²) in [5.74, 6) is 1.35. The van der Waals surface area contributed by atoms with Gasteiger partial charge in [0.1, 0.15) is 0 Å². The summed E-state index contributed by atoms with van der Waals surface area (Å²) in [5.41, 5.74) is 2.31. The fraction of sp³-hybridized carbons (Fsp3) is 0.417. The number of hydrogen-bond acceptors (Lipinski definition) is 4. The van der Waals surface area contributed by atoms with E-state index in [4.69, 9.17) is 0 Å². The second kappa shape index (κ2) is 5.05. The minimum Gasteiger partial charge on any atom is -0.313 e. The van der Waals surface area contributed by atoms with Crippen LogP contribution < -0.4 is 5.32 Å². The zero-order chi connectivity index (χ0) is 12.3. The SMILES string of the molecule is CNCc1nnnn1-c1ccc(C(C)C)cc1. The van der Waals surface area contributed by atoms with Crippen LogP contribution >= 0.6 is 0 Å². The summed E-state index contributed by atoms with van der Waals surface area (Å²) >= 11 is 0. The van der Waals surface area contributed by atoms with Gasteiger partial charge in [0.05, 0.1) is 12.2 Å². The first kappa shape index (κ1) is 11.7. The highest BCUT2D eigenvalue weighted by Gasteiger charge is 2.07. The molecule has 0 atom stereocenters. The number of benzene rings is 1. The molecule has 0 saturated heterocycles. The van der Waals surface area contributed by atoms with E-state index in [2.05, 4.69) is 46.8 Å². The van der Waals surface area contributed by atoms with E-state index in [-0.39, 0.29) is 0 Å². The van der Waals surface area contributed by atoms with Gasteiger partial charge in [-0.2, -0.15) is 4.68 Å². The van der Waals surface area contributed by atoms with E-state index in [1.807, 2.05) is 19.2 Å². The van der Waals surface area contributed by atoms with Gasteiger partial charge in [-0.05, 0) is 41.1 Å². The molecule has 0 radical (unpaired) electrons. The van der Waals surface area contributed by atoms with Crippen molar-refractivity contribution in [2.24, 2.45) is 0 Å². The lowest BCUT2D eigenvalue weighted by Crippen LogP contribution is -2.12. The van der Waals surface area contributed by atoms with Crippen molar-refractivity contribution in [3.05, 3.63) is 35.7 Å². The second-order valence-electron chi connectivity index (χ2n) is 4.28. The quantitative estimate of drug-likeness (QED) is 0.866. The first-order chi connectivity index (χ1) is 8.22. The molecule has 90 valence electrons. The van der Waals surface area contributed by atoms with Crippen molar-refractivity contribution in [2.45, 2.75) is 26.3 Å². The minimum absolute atomic E-state index is 0.537. The monoisotopic (exact) mass is 231 g/mol. The lowest BCUT2D eigenvalue weighted by atomic mass is 10.0. The van der Waals surface area contributed by atoms with Gasteiger partial charge < -0.3 is 5.32 Å². The highest BCUT2D eigenvalue weighted by molar-refractivity contribution is 5.35. The number of hydrogen-bond donors (Lipinski definition) is 1. The molecule has 5 nitrogen and oxygen atoms in total. The molecule has 1 aromatic heterocycles. The van der Waals surface area contributed by atoms with E-state index in [1.165, 1.54) is 5.56 Å². The maximum Gasteiger partial charge on any atom is 0.170 e. The Balaban J connectivity index is 2.30. The Labute approximate surface area is 101 Å². The maximum atomic E-state index is 4.00. The van der Waals surface area contributed by atoms with Gasteiger partial charge in [-0.1, -0.05) is 26.0 Å². The Hall–Kier alpha value is -1.75. The zero-order valence-electron chi connectivity index (χ0n) is 10.4. The summed E-state index contributed by atoms with van der Waals surface area (Å²) in [6.45, 7) is 5.01. The number of nitrogens with zero attached hydrogens (tertiary/aromatic N) is 4. The largest absolute Gasteiger partial charge is 0.313 e. The fourth-order valence-corrected chi connectivity index (χ4v) is 1.68. The van der Waals surface area contributed by atoms with Crippen molar-refractivity contribution in [1.29, 1.82) is 0 Å². The van der Waals surface area contributed by atoms with Crippen LogP contribution in [0.4, 0.5) is 0 Å².